The Labute approximate surface area is 158 Å². The minimum absolute atomic E-state index is 0.139. The summed E-state index contributed by atoms with van der Waals surface area (Å²) >= 11 is 0. The first-order valence-corrected chi connectivity index (χ1v) is 8.65. The maximum Gasteiger partial charge on any atom is 0.419 e. The first-order valence-electron chi connectivity index (χ1n) is 8.65. The number of pyridine rings is 1. The topological polar surface area (TPSA) is 130 Å². The Hall–Kier alpha value is -3.69. The number of aromatic nitrogens is 2. The van der Waals surface area contributed by atoms with Crippen LogP contribution in [0.5, 0.6) is 5.88 Å². The van der Waals surface area contributed by atoms with Crippen LogP contribution in [-0.2, 0) is 11.3 Å². The van der Waals surface area contributed by atoms with Gasteiger partial charge >= 0.3 is 5.76 Å². The second-order valence-corrected chi connectivity index (χ2v) is 5.87. The molecule has 0 spiro atoms. The first kappa shape index (κ1) is 19.1. The van der Waals surface area contributed by atoms with Crippen LogP contribution in [0.1, 0.15) is 19.8 Å². The summed E-state index contributed by atoms with van der Waals surface area (Å²) in [6.45, 7) is 2.48. The molecule has 0 radical (unpaired) electrons. The third-order valence-corrected chi connectivity index (χ3v) is 3.97. The number of non-ortho nitro benzene ring substituents is 1. The van der Waals surface area contributed by atoms with E-state index < -0.39 is 10.7 Å². The maximum atomic E-state index is 12.2. The van der Waals surface area contributed by atoms with Crippen molar-refractivity contribution >= 4 is 28.4 Å². The van der Waals surface area contributed by atoms with Crippen LogP contribution in [0.15, 0.2) is 45.7 Å². The zero-order chi connectivity index (χ0) is 20.1. The summed E-state index contributed by atoms with van der Waals surface area (Å²) < 4.78 is 11.8. The lowest BCUT2D eigenvalue weighted by molar-refractivity contribution is -0.384. The highest BCUT2D eigenvalue weighted by atomic mass is 16.6. The molecule has 0 aliphatic rings. The number of carbonyl (C=O) groups excluding carboxylic acids is 1. The maximum absolute atomic E-state index is 12.2. The molecule has 1 aromatic carbocycles. The van der Waals surface area contributed by atoms with Gasteiger partial charge in [-0.1, -0.05) is 0 Å². The van der Waals surface area contributed by atoms with E-state index in [1.54, 1.807) is 18.3 Å². The number of nitro benzene ring substituents is 1. The molecule has 3 rings (SSSR count). The van der Waals surface area contributed by atoms with Gasteiger partial charge in [-0.3, -0.25) is 19.5 Å². The van der Waals surface area contributed by atoms with Gasteiger partial charge in [-0.25, -0.2) is 9.78 Å². The van der Waals surface area contributed by atoms with Gasteiger partial charge in [-0.05, 0) is 31.5 Å². The van der Waals surface area contributed by atoms with Crippen LogP contribution in [0.3, 0.4) is 0 Å². The van der Waals surface area contributed by atoms with Crippen molar-refractivity contribution in [1.82, 2.24) is 9.55 Å². The molecular weight excluding hydrogens is 368 g/mol. The number of nitrogens with zero attached hydrogens (tertiary/aromatic N) is 3. The molecule has 146 valence electrons. The largest absolute Gasteiger partial charge is 0.476 e. The first-order chi connectivity index (χ1) is 13.5. The SMILES string of the molecule is CCOc1ncccc1NC(=O)CCCn1c(=O)oc2cc([N+](=O)[O-])ccc21. The molecule has 0 fully saturated rings. The van der Waals surface area contributed by atoms with E-state index in [2.05, 4.69) is 10.3 Å². The number of ether oxygens (including phenoxy) is 1. The lowest BCUT2D eigenvalue weighted by atomic mass is 10.2. The van der Waals surface area contributed by atoms with Crippen molar-refractivity contribution in [3.05, 3.63) is 57.2 Å². The van der Waals surface area contributed by atoms with Gasteiger partial charge < -0.3 is 14.5 Å². The van der Waals surface area contributed by atoms with E-state index in [1.165, 1.54) is 22.8 Å². The average molecular weight is 386 g/mol. The lowest BCUT2D eigenvalue weighted by Gasteiger charge is -2.10. The van der Waals surface area contributed by atoms with Gasteiger partial charge in [-0.15, -0.1) is 0 Å². The number of hydrogen-bond acceptors (Lipinski definition) is 7. The van der Waals surface area contributed by atoms with Crippen molar-refractivity contribution in [2.24, 2.45) is 0 Å². The Kier molecular flexibility index (Phi) is 5.68. The number of rotatable bonds is 8. The molecule has 0 bridgehead atoms. The zero-order valence-electron chi connectivity index (χ0n) is 15.1. The molecule has 2 heterocycles. The normalized spacial score (nSPS) is 10.8. The summed E-state index contributed by atoms with van der Waals surface area (Å²) in [6.07, 6.45) is 2.11. The number of aryl methyl sites for hydroxylation is 1. The summed E-state index contributed by atoms with van der Waals surface area (Å²) in [6, 6.07) is 7.35. The summed E-state index contributed by atoms with van der Waals surface area (Å²) in [5.74, 6) is -0.524. The second kappa shape index (κ2) is 8.33. The van der Waals surface area contributed by atoms with Crippen LogP contribution >= 0.6 is 0 Å². The van der Waals surface area contributed by atoms with Gasteiger partial charge in [0.1, 0.15) is 5.69 Å². The Bertz CT molecular complexity index is 1070. The molecular formula is C18H18N4O6. The molecule has 0 atom stereocenters. The highest BCUT2D eigenvalue weighted by Gasteiger charge is 2.14. The van der Waals surface area contributed by atoms with E-state index in [9.17, 15) is 19.7 Å². The Morgan fingerprint density at radius 3 is 2.96 bits per heavy atom. The van der Waals surface area contributed by atoms with E-state index in [0.29, 0.717) is 30.1 Å². The summed E-state index contributed by atoms with van der Waals surface area (Å²) in [4.78, 5) is 38.5. The Morgan fingerprint density at radius 1 is 1.39 bits per heavy atom. The number of carbonyl (C=O) groups is 1. The van der Waals surface area contributed by atoms with Crippen LogP contribution in [0, 0.1) is 10.1 Å². The molecule has 0 saturated carbocycles. The monoisotopic (exact) mass is 386 g/mol. The third-order valence-electron chi connectivity index (χ3n) is 3.97. The molecule has 10 nitrogen and oxygen atoms in total. The zero-order valence-corrected chi connectivity index (χ0v) is 15.1. The molecule has 2 aromatic heterocycles. The van der Waals surface area contributed by atoms with E-state index in [-0.39, 0.29) is 30.1 Å². The van der Waals surface area contributed by atoms with Gasteiger partial charge in [0.15, 0.2) is 5.58 Å². The molecule has 1 amide bonds. The standard InChI is InChI=1S/C18H18N4O6/c1-2-27-17-13(5-3-9-19-17)20-16(23)6-4-10-21-14-8-7-12(22(25)26)11-15(14)28-18(21)24/h3,5,7-9,11H,2,4,6,10H2,1H3,(H,20,23). The Morgan fingerprint density at radius 2 is 2.21 bits per heavy atom. The van der Waals surface area contributed by atoms with Crippen molar-refractivity contribution in [1.29, 1.82) is 0 Å². The smallest absolute Gasteiger partial charge is 0.419 e. The van der Waals surface area contributed by atoms with Gasteiger partial charge in [0.2, 0.25) is 11.8 Å². The molecule has 0 aliphatic carbocycles. The number of nitro groups is 1. The minimum atomic E-state index is -0.623. The molecule has 0 unspecified atom stereocenters. The number of anilines is 1. The van der Waals surface area contributed by atoms with Gasteiger partial charge in [0, 0.05) is 25.2 Å². The predicted molar refractivity (Wildman–Crippen MR) is 100 cm³/mol. The van der Waals surface area contributed by atoms with E-state index >= 15 is 0 Å². The highest BCUT2D eigenvalue weighted by Crippen LogP contribution is 2.22. The summed E-state index contributed by atoms with van der Waals surface area (Å²) in [5, 5.41) is 13.6. The highest BCUT2D eigenvalue weighted by molar-refractivity contribution is 5.91. The average Bonchev–Trinajstić information content (AvgIpc) is 2.98. The lowest BCUT2D eigenvalue weighted by Crippen LogP contribution is -2.17. The van der Waals surface area contributed by atoms with Crippen LogP contribution in [0.4, 0.5) is 11.4 Å². The fraction of sp³-hybridized carbons (Fsp3) is 0.278. The molecule has 10 heteroatoms. The predicted octanol–water partition coefficient (Wildman–Crippen LogP) is 2.72. The van der Waals surface area contributed by atoms with Gasteiger partial charge in [0.25, 0.3) is 5.69 Å². The number of fused-ring (bicyclic) bond motifs is 1. The van der Waals surface area contributed by atoms with Gasteiger partial charge in [-0.2, -0.15) is 0 Å². The van der Waals surface area contributed by atoms with Crippen molar-refractivity contribution in [3.8, 4) is 5.88 Å². The molecule has 28 heavy (non-hydrogen) atoms. The number of nitrogens with one attached hydrogen (secondary N) is 1. The number of hydrogen-bond donors (Lipinski definition) is 1. The fourth-order valence-corrected chi connectivity index (χ4v) is 2.73. The van der Waals surface area contributed by atoms with Crippen molar-refractivity contribution in [2.45, 2.75) is 26.3 Å². The van der Waals surface area contributed by atoms with E-state index in [4.69, 9.17) is 9.15 Å². The van der Waals surface area contributed by atoms with E-state index in [0.717, 1.165) is 0 Å². The molecule has 0 aliphatic heterocycles. The summed E-state index contributed by atoms with van der Waals surface area (Å²) in [7, 11) is 0. The summed E-state index contributed by atoms with van der Waals surface area (Å²) in [5.41, 5.74) is 0.907. The van der Waals surface area contributed by atoms with Crippen LogP contribution in [-0.4, -0.2) is 27.0 Å². The quantitative estimate of drug-likeness (QED) is 0.465. The minimum Gasteiger partial charge on any atom is -0.476 e. The van der Waals surface area contributed by atoms with Crippen LogP contribution in [0.25, 0.3) is 11.1 Å². The number of amides is 1. The third kappa shape index (κ3) is 4.17. The molecule has 0 saturated heterocycles. The Balaban J connectivity index is 1.64. The fourth-order valence-electron chi connectivity index (χ4n) is 2.73. The number of oxazole rings is 1. The molecule has 1 N–H and O–H groups in total. The molecule has 3 aromatic rings. The van der Waals surface area contributed by atoms with E-state index in [1.807, 2.05) is 6.92 Å². The van der Waals surface area contributed by atoms with Crippen LogP contribution < -0.4 is 15.8 Å². The van der Waals surface area contributed by atoms with Gasteiger partial charge in [0.05, 0.1) is 23.1 Å². The number of benzene rings is 1. The van der Waals surface area contributed by atoms with Crippen molar-refractivity contribution < 1.29 is 18.9 Å². The van der Waals surface area contributed by atoms with Crippen molar-refractivity contribution in [3.63, 3.8) is 0 Å². The van der Waals surface area contributed by atoms with Crippen LogP contribution in [0.2, 0.25) is 0 Å². The second-order valence-electron chi connectivity index (χ2n) is 5.87. The van der Waals surface area contributed by atoms with Crippen molar-refractivity contribution in [2.75, 3.05) is 11.9 Å².